The van der Waals surface area contributed by atoms with Gasteiger partial charge in [0.15, 0.2) is 4.77 Å². The van der Waals surface area contributed by atoms with Crippen molar-refractivity contribution in [3.63, 3.8) is 0 Å². The predicted molar refractivity (Wildman–Crippen MR) is 89.5 cm³/mol. The van der Waals surface area contributed by atoms with E-state index >= 15 is 0 Å². The van der Waals surface area contributed by atoms with Crippen LogP contribution in [0.25, 0.3) is 0 Å². The first-order valence-electron chi connectivity index (χ1n) is 7.18. The summed E-state index contributed by atoms with van der Waals surface area (Å²) in [7, 11) is 2.08. The van der Waals surface area contributed by atoms with Crippen LogP contribution in [0.15, 0.2) is 12.1 Å². The van der Waals surface area contributed by atoms with Gasteiger partial charge in [0.05, 0.1) is 11.0 Å². The van der Waals surface area contributed by atoms with Gasteiger partial charge in [0.25, 0.3) is 0 Å². The fourth-order valence-corrected chi connectivity index (χ4v) is 3.96. The highest BCUT2D eigenvalue weighted by Crippen LogP contribution is 2.39. The van der Waals surface area contributed by atoms with Crippen molar-refractivity contribution in [2.45, 2.75) is 45.4 Å². The molecule has 1 saturated carbocycles. The SMILES string of the molecule is CCn1c(C2CC2)nn(CN(C)Cc2ccc(Cl)s2)c1=S. The van der Waals surface area contributed by atoms with Crippen molar-refractivity contribution in [1.29, 1.82) is 0 Å². The second kappa shape index (κ2) is 6.20. The van der Waals surface area contributed by atoms with Crippen LogP contribution in [0.3, 0.4) is 0 Å². The lowest BCUT2D eigenvalue weighted by molar-refractivity contribution is 0.245. The minimum Gasteiger partial charge on any atom is -0.304 e. The number of aromatic nitrogens is 3. The molecule has 21 heavy (non-hydrogen) atoms. The van der Waals surface area contributed by atoms with E-state index in [1.165, 1.54) is 17.7 Å². The molecule has 0 N–H and O–H groups in total. The van der Waals surface area contributed by atoms with E-state index in [4.69, 9.17) is 28.9 Å². The van der Waals surface area contributed by atoms with Crippen molar-refractivity contribution in [3.05, 3.63) is 31.9 Å². The lowest BCUT2D eigenvalue weighted by Crippen LogP contribution is -2.22. The van der Waals surface area contributed by atoms with Gasteiger partial charge < -0.3 is 4.57 Å². The van der Waals surface area contributed by atoms with E-state index in [2.05, 4.69) is 29.5 Å². The zero-order chi connectivity index (χ0) is 15.0. The lowest BCUT2D eigenvalue weighted by Gasteiger charge is -2.15. The largest absolute Gasteiger partial charge is 0.304 e. The Morgan fingerprint density at radius 3 is 2.81 bits per heavy atom. The minimum absolute atomic E-state index is 0.620. The zero-order valence-electron chi connectivity index (χ0n) is 12.3. The van der Waals surface area contributed by atoms with Gasteiger partial charge in [-0.3, -0.25) is 4.90 Å². The van der Waals surface area contributed by atoms with E-state index < -0.39 is 0 Å². The van der Waals surface area contributed by atoms with Crippen LogP contribution in [0, 0.1) is 4.77 Å². The molecule has 0 aliphatic heterocycles. The highest BCUT2D eigenvalue weighted by atomic mass is 35.5. The maximum atomic E-state index is 5.98. The summed E-state index contributed by atoms with van der Waals surface area (Å²) in [5.74, 6) is 1.78. The molecule has 0 atom stereocenters. The molecule has 1 aliphatic carbocycles. The number of thiophene rings is 1. The standard InChI is InChI=1S/C14H19ClN4S2/c1-3-18-13(10-4-5-10)16-19(14(18)20)9-17(2)8-11-6-7-12(15)21-11/h6-7,10H,3-5,8-9H2,1-2H3. The van der Waals surface area contributed by atoms with Crippen molar-refractivity contribution < 1.29 is 0 Å². The number of hydrogen-bond acceptors (Lipinski definition) is 4. The van der Waals surface area contributed by atoms with Crippen LogP contribution in [0.2, 0.25) is 4.34 Å². The summed E-state index contributed by atoms with van der Waals surface area (Å²) in [6.45, 7) is 4.60. The molecule has 1 fully saturated rings. The molecule has 7 heteroatoms. The van der Waals surface area contributed by atoms with Crippen molar-refractivity contribution in [2.75, 3.05) is 7.05 Å². The Labute approximate surface area is 139 Å². The maximum Gasteiger partial charge on any atom is 0.199 e. The summed E-state index contributed by atoms with van der Waals surface area (Å²) in [4.78, 5) is 3.47. The van der Waals surface area contributed by atoms with Crippen molar-refractivity contribution in [1.82, 2.24) is 19.2 Å². The molecule has 1 aliphatic rings. The van der Waals surface area contributed by atoms with Gasteiger partial charge in [0, 0.05) is 23.9 Å². The third-order valence-electron chi connectivity index (χ3n) is 3.64. The number of halogens is 1. The third-order valence-corrected chi connectivity index (χ3v) is 5.29. The molecule has 0 unspecified atom stereocenters. The fraction of sp³-hybridized carbons (Fsp3) is 0.571. The van der Waals surface area contributed by atoms with Crippen molar-refractivity contribution >= 4 is 35.2 Å². The Morgan fingerprint density at radius 1 is 1.48 bits per heavy atom. The molecule has 2 aromatic heterocycles. The van der Waals surface area contributed by atoms with Gasteiger partial charge in [0.1, 0.15) is 5.82 Å². The van der Waals surface area contributed by atoms with E-state index in [1.54, 1.807) is 11.3 Å². The third kappa shape index (κ3) is 3.39. The van der Waals surface area contributed by atoms with Crippen LogP contribution in [-0.2, 0) is 19.8 Å². The fourth-order valence-electron chi connectivity index (χ4n) is 2.47. The van der Waals surface area contributed by atoms with E-state index in [0.29, 0.717) is 12.6 Å². The molecule has 0 saturated heterocycles. The van der Waals surface area contributed by atoms with Crippen LogP contribution in [0.1, 0.15) is 36.4 Å². The van der Waals surface area contributed by atoms with Crippen LogP contribution in [0.4, 0.5) is 0 Å². The van der Waals surface area contributed by atoms with Crippen molar-refractivity contribution in [2.24, 2.45) is 0 Å². The second-order valence-electron chi connectivity index (χ2n) is 5.52. The van der Waals surface area contributed by atoms with Crippen LogP contribution in [0.5, 0.6) is 0 Å². The molecular formula is C14H19ClN4S2. The first kappa shape index (κ1) is 15.2. The quantitative estimate of drug-likeness (QED) is 0.739. The Kier molecular flexibility index (Phi) is 4.49. The van der Waals surface area contributed by atoms with Crippen LogP contribution >= 0.6 is 35.2 Å². The van der Waals surface area contributed by atoms with Gasteiger partial charge in [-0.1, -0.05) is 11.6 Å². The molecule has 114 valence electrons. The average molecular weight is 343 g/mol. The summed E-state index contributed by atoms with van der Waals surface area (Å²) >= 11 is 13.2. The first-order chi connectivity index (χ1) is 10.1. The molecule has 3 rings (SSSR count). The molecule has 0 amide bonds. The average Bonchev–Trinajstić information content (AvgIpc) is 3.14. The van der Waals surface area contributed by atoms with Gasteiger partial charge >= 0.3 is 0 Å². The van der Waals surface area contributed by atoms with Gasteiger partial charge in [0.2, 0.25) is 0 Å². The summed E-state index contributed by atoms with van der Waals surface area (Å²) in [5.41, 5.74) is 0. The molecule has 0 spiro atoms. The van der Waals surface area contributed by atoms with Gasteiger partial charge in [-0.2, -0.15) is 5.10 Å². The Hall–Kier alpha value is -0.690. The summed E-state index contributed by atoms with van der Waals surface area (Å²) in [5, 5.41) is 4.74. The molecule has 2 aromatic rings. The Balaban J connectivity index is 1.73. The highest BCUT2D eigenvalue weighted by Gasteiger charge is 2.29. The molecule has 0 bridgehead atoms. The smallest absolute Gasteiger partial charge is 0.199 e. The van der Waals surface area contributed by atoms with Gasteiger partial charge in [-0.25, -0.2) is 4.68 Å². The Morgan fingerprint density at radius 2 is 2.24 bits per heavy atom. The number of nitrogens with zero attached hydrogens (tertiary/aromatic N) is 4. The first-order valence-corrected chi connectivity index (χ1v) is 8.79. The van der Waals surface area contributed by atoms with Crippen LogP contribution < -0.4 is 0 Å². The van der Waals surface area contributed by atoms with E-state index in [9.17, 15) is 0 Å². The molecule has 4 nitrogen and oxygen atoms in total. The van der Waals surface area contributed by atoms with Crippen LogP contribution in [-0.4, -0.2) is 26.3 Å². The van der Waals surface area contributed by atoms with Gasteiger partial charge in [-0.15, -0.1) is 11.3 Å². The van der Waals surface area contributed by atoms with E-state index in [1.807, 2.05) is 10.7 Å². The molecule has 0 radical (unpaired) electrons. The topological polar surface area (TPSA) is 26.0 Å². The lowest BCUT2D eigenvalue weighted by atomic mass is 10.4. The number of rotatable bonds is 6. The summed E-state index contributed by atoms with van der Waals surface area (Å²) in [6, 6.07) is 4.01. The minimum atomic E-state index is 0.620. The number of hydrogen-bond donors (Lipinski definition) is 0. The second-order valence-corrected chi connectivity index (χ2v) is 7.69. The van der Waals surface area contributed by atoms with E-state index in [-0.39, 0.29) is 0 Å². The normalized spacial score (nSPS) is 15.0. The zero-order valence-corrected chi connectivity index (χ0v) is 14.6. The molecular weight excluding hydrogens is 324 g/mol. The van der Waals surface area contributed by atoms with E-state index in [0.717, 1.165) is 28.0 Å². The monoisotopic (exact) mass is 342 g/mol. The van der Waals surface area contributed by atoms with Gasteiger partial charge in [-0.05, 0) is 51.2 Å². The Bertz CT molecular complexity index is 683. The molecule has 2 heterocycles. The predicted octanol–water partition coefficient (Wildman–Crippen LogP) is 4.12. The molecule has 0 aromatic carbocycles. The summed E-state index contributed by atoms with van der Waals surface area (Å²) in [6.07, 6.45) is 2.49. The summed E-state index contributed by atoms with van der Waals surface area (Å²) < 4.78 is 5.78. The van der Waals surface area contributed by atoms with Crippen molar-refractivity contribution in [3.8, 4) is 0 Å². The highest BCUT2D eigenvalue weighted by molar-refractivity contribution is 7.71. The maximum absolute atomic E-state index is 5.98.